The second-order valence-electron chi connectivity index (χ2n) is 7.57. The molecule has 0 saturated carbocycles. The minimum absolute atomic E-state index is 0. The first-order valence-electron chi connectivity index (χ1n) is 9.63. The van der Waals surface area contributed by atoms with Crippen molar-refractivity contribution in [2.24, 2.45) is 5.92 Å². The summed E-state index contributed by atoms with van der Waals surface area (Å²) in [5, 5.41) is 6.51. The van der Waals surface area contributed by atoms with Crippen molar-refractivity contribution in [3.8, 4) is 0 Å². The molecule has 1 amide bonds. The molecule has 2 N–H and O–H groups in total. The highest BCUT2D eigenvalue weighted by molar-refractivity contribution is 5.93. The summed E-state index contributed by atoms with van der Waals surface area (Å²) in [6, 6.07) is 6.06. The quantitative estimate of drug-likeness (QED) is 0.822. The molecule has 0 radical (unpaired) electrons. The Bertz CT molecular complexity index is 581. The zero-order valence-electron chi connectivity index (χ0n) is 16.1. The molecule has 6 heteroatoms. The summed E-state index contributed by atoms with van der Waals surface area (Å²) in [5.41, 5.74) is 3.31. The molecule has 0 unspecified atom stereocenters. The molecule has 1 aromatic carbocycles. The molecule has 0 bridgehead atoms. The van der Waals surface area contributed by atoms with Gasteiger partial charge in [0.05, 0.1) is 6.54 Å². The lowest BCUT2D eigenvalue weighted by molar-refractivity contribution is -0.117. The van der Waals surface area contributed by atoms with Crippen LogP contribution in [0.3, 0.4) is 0 Å². The van der Waals surface area contributed by atoms with Crippen LogP contribution in [0.15, 0.2) is 18.2 Å². The van der Waals surface area contributed by atoms with Gasteiger partial charge in [0.15, 0.2) is 0 Å². The van der Waals surface area contributed by atoms with Crippen LogP contribution in [-0.4, -0.2) is 68.1 Å². The smallest absolute Gasteiger partial charge is 0.238 e. The average Bonchev–Trinajstić information content (AvgIpc) is 2.62. The van der Waals surface area contributed by atoms with Gasteiger partial charge in [0.25, 0.3) is 0 Å². The Balaban J connectivity index is 0.00000243. The largest absolute Gasteiger partial charge is 0.325 e. The van der Waals surface area contributed by atoms with Crippen molar-refractivity contribution in [2.45, 2.75) is 26.7 Å². The Hall–Kier alpha value is -1.14. The fourth-order valence-electron chi connectivity index (χ4n) is 3.84. The summed E-state index contributed by atoms with van der Waals surface area (Å²) in [5.74, 6) is 0.945. The minimum atomic E-state index is 0. The molecular weight excluding hydrogens is 348 g/mol. The second-order valence-corrected chi connectivity index (χ2v) is 7.57. The van der Waals surface area contributed by atoms with Crippen LogP contribution in [0, 0.1) is 19.8 Å². The van der Waals surface area contributed by atoms with Crippen LogP contribution in [0.25, 0.3) is 0 Å². The SMILES string of the molecule is Cc1cccc(NC(=O)CN2CCN(CC3CCNCC3)CC2)c1C.Cl. The number of benzene rings is 1. The number of halogens is 1. The lowest BCUT2D eigenvalue weighted by Crippen LogP contribution is -2.50. The molecule has 26 heavy (non-hydrogen) atoms. The first kappa shape index (κ1) is 21.2. The zero-order valence-corrected chi connectivity index (χ0v) is 16.9. The molecule has 1 aromatic rings. The number of nitrogens with one attached hydrogen (secondary N) is 2. The molecule has 3 rings (SSSR count). The molecule has 5 nitrogen and oxygen atoms in total. The van der Waals surface area contributed by atoms with E-state index in [9.17, 15) is 4.79 Å². The van der Waals surface area contributed by atoms with Crippen molar-refractivity contribution >= 4 is 24.0 Å². The summed E-state index contributed by atoms with van der Waals surface area (Å²) >= 11 is 0. The molecule has 0 aromatic heterocycles. The Morgan fingerprint density at radius 3 is 2.46 bits per heavy atom. The van der Waals surface area contributed by atoms with Crippen molar-refractivity contribution in [1.82, 2.24) is 15.1 Å². The van der Waals surface area contributed by atoms with Gasteiger partial charge in [0, 0.05) is 38.4 Å². The number of carbonyl (C=O) groups excluding carboxylic acids is 1. The van der Waals surface area contributed by atoms with E-state index in [1.165, 1.54) is 38.0 Å². The van der Waals surface area contributed by atoms with E-state index in [0.29, 0.717) is 6.54 Å². The van der Waals surface area contributed by atoms with Crippen molar-refractivity contribution in [1.29, 1.82) is 0 Å². The predicted molar refractivity (Wildman–Crippen MR) is 110 cm³/mol. The summed E-state index contributed by atoms with van der Waals surface area (Å²) in [6.07, 6.45) is 2.61. The third-order valence-corrected chi connectivity index (χ3v) is 5.69. The van der Waals surface area contributed by atoms with Crippen LogP contribution < -0.4 is 10.6 Å². The van der Waals surface area contributed by atoms with E-state index >= 15 is 0 Å². The molecule has 2 aliphatic rings. The standard InChI is InChI=1S/C20H32N4O.ClH/c1-16-4-3-5-19(17(16)2)22-20(25)15-24-12-10-23(11-13-24)14-18-6-8-21-9-7-18;/h3-5,18,21H,6-15H2,1-2H3,(H,22,25);1H. The van der Waals surface area contributed by atoms with Crippen LogP contribution in [0.2, 0.25) is 0 Å². The van der Waals surface area contributed by atoms with Gasteiger partial charge >= 0.3 is 0 Å². The maximum Gasteiger partial charge on any atom is 0.238 e. The first-order chi connectivity index (χ1) is 12.1. The van der Waals surface area contributed by atoms with E-state index in [-0.39, 0.29) is 18.3 Å². The topological polar surface area (TPSA) is 47.6 Å². The van der Waals surface area contributed by atoms with E-state index in [2.05, 4.69) is 40.3 Å². The fourth-order valence-corrected chi connectivity index (χ4v) is 3.84. The van der Waals surface area contributed by atoms with Crippen molar-refractivity contribution in [3.05, 3.63) is 29.3 Å². The van der Waals surface area contributed by atoms with E-state index in [0.717, 1.165) is 43.3 Å². The summed E-state index contributed by atoms with van der Waals surface area (Å²) < 4.78 is 0. The summed E-state index contributed by atoms with van der Waals surface area (Å²) in [6.45, 7) is 12.3. The number of carbonyl (C=O) groups is 1. The Morgan fingerprint density at radius 2 is 1.77 bits per heavy atom. The predicted octanol–water partition coefficient (Wildman–Crippen LogP) is 2.28. The van der Waals surface area contributed by atoms with Gasteiger partial charge in [-0.05, 0) is 62.9 Å². The van der Waals surface area contributed by atoms with Crippen LogP contribution in [0.4, 0.5) is 5.69 Å². The van der Waals surface area contributed by atoms with E-state index in [4.69, 9.17) is 0 Å². The van der Waals surface area contributed by atoms with Crippen LogP contribution in [0.5, 0.6) is 0 Å². The van der Waals surface area contributed by atoms with Gasteiger partial charge < -0.3 is 15.5 Å². The van der Waals surface area contributed by atoms with Gasteiger partial charge in [0.1, 0.15) is 0 Å². The van der Waals surface area contributed by atoms with Crippen molar-refractivity contribution in [3.63, 3.8) is 0 Å². The Morgan fingerprint density at radius 1 is 1.12 bits per heavy atom. The summed E-state index contributed by atoms with van der Waals surface area (Å²) in [4.78, 5) is 17.2. The molecule has 0 atom stereocenters. The number of aryl methyl sites for hydroxylation is 1. The number of hydrogen-bond donors (Lipinski definition) is 2. The van der Waals surface area contributed by atoms with E-state index in [1.807, 2.05) is 12.1 Å². The maximum absolute atomic E-state index is 12.4. The van der Waals surface area contributed by atoms with Gasteiger partial charge in [-0.1, -0.05) is 12.1 Å². The zero-order chi connectivity index (χ0) is 17.6. The monoisotopic (exact) mass is 380 g/mol. The van der Waals surface area contributed by atoms with Crippen LogP contribution >= 0.6 is 12.4 Å². The molecule has 0 spiro atoms. The second kappa shape index (κ2) is 10.3. The number of piperidine rings is 1. The lowest BCUT2D eigenvalue weighted by Gasteiger charge is -2.37. The molecule has 2 fully saturated rings. The minimum Gasteiger partial charge on any atom is -0.325 e. The maximum atomic E-state index is 12.4. The highest BCUT2D eigenvalue weighted by Gasteiger charge is 2.22. The fraction of sp³-hybridized carbons (Fsp3) is 0.650. The molecule has 2 aliphatic heterocycles. The number of rotatable bonds is 5. The molecular formula is C20H33ClN4O. The van der Waals surface area contributed by atoms with Crippen LogP contribution in [-0.2, 0) is 4.79 Å². The third kappa shape index (κ3) is 5.95. The molecule has 2 heterocycles. The first-order valence-corrected chi connectivity index (χ1v) is 9.63. The van der Waals surface area contributed by atoms with Crippen molar-refractivity contribution < 1.29 is 4.79 Å². The number of amides is 1. The highest BCUT2D eigenvalue weighted by Crippen LogP contribution is 2.18. The Kier molecular flexibility index (Phi) is 8.35. The highest BCUT2D eigenvalue weighted by atomic mass is 35.5. The van der Waals surface area contributed by atoms with Crippen LogP contribution in [0.1, 0.15) is 24.0 Å². The third-order valence-electron chi connectivity index (χ3n) is 5.69. The number of hydrogen-bond acceptors (Lipinski definition) is 4. The van der Waals surface area contributed by atoms with Gasteiger partial charge in [-0.25, -0.2) is 0 Å². The average molecular weight is 381 g/mol. The molecule has 146 valence electrons. The normalized spacial score (nSPS) is 19.8. The molecule has 2 saturated heterocycles. The number of nitrogens with zero attached hydrogens (tertiary/aromatic N) is 2. The van der Waals surface area contributed by atoms with E-state index in [1.54, 1.807) is 0 Å². The van der Waals surface area contributed by atoms with Crippen molar-refractivity contribution in [2.75, 3.05) is 57.7 Å². The summed E-state index contributed by atoms with van der Waals surface area (Å²) in [7, 11) is 0. The Labute approximate surface area is 163 Å². The van der Waals surface area contributed by atoms with Gasteiger partial charge in [-0.2, -0.15) is 0 Å². The van der Waals surface area contributed by atoms with Gasteiger partial charge in [0.2, 0.25) is 5.91 Å². The number of anilines is 1. The lowest BCUT2D eigenvalue weighted by atomic mass is 9.97. The van der Waals surface area contributed by atoms with Gasteiger partial charge in [-0.15, -0.1) is 12.4 Å². The molecule has 0 aliphatic carbocycles. The van der Waals surface area contributed by atoms with E-state index < -0.39 is 0 Å². The van der Waals surface area contributed by atoms with Gasteiger partial charge in [-0.3, -0.25) is 9.69 Å². The number of piperazine rings is 1.